The van der Waals surface area contributed by atoms with Gasteiger partial charge in [-0.25, -0.2) is 9.18 Å². The molecule has 2 rings (SSSR count). The third-order valence-corrected chi connectivity index (χ3v) is 3.83. The van der Waals surface area contributed by atoms with Crippen LogP contribution in [0.25, 0.3) is 0 Å². The molecule has 0 saturated heterocycles. The van der Waals surface area contributed by atoms with E-state index >= 15 is 0 Å². The van der Waals surface area contributed by atoms with Gasteiger partial charge in [-0.15, -0.1) is 0 Å². The molecule has 0 radical (unpaired) electrons. The largest absolute Gasteiger partial charge is 0.396 e. The molecular weight excluding hydrogens is 259 g/mol. The van der Waals surface area contributed by atoms with Crippen molar-refractivity contribution in [3.8, 4) is 0 Å². The van der Waals surface area contributed by atoms with Crippen LogP contribution in [0.3, 0.4) is 0 Å². The van der Waals surface area contributed by atoms with Gasteiger partial charge in [-0.2, -0.15) is 0 Å². The van der Waals surface area contributed by atoms with Crippen LogP contribution in [0.5, 0.6) is 0 Å². The second kappa shape index (κ2) is 6.22. The highest BCUT2D eigenvalue weighted by Crippen LogP contribution is 2.48. The van der Waals surface area contributed by atoms with Crippen LogP contribution in [-0.4, -0.2) is 30.3 Å². The van der Waals surface area contributed by atoms with Gasteiger partial charge in [0.1, 0.15) is 5.82 Å². The van der Waals surface area contributed by atoms with Crippen molar-refractivity contribution in [2.75, 3.05) is 13.2 Å². The van der Waals surface area contributed by atoms with E-state index in [0.717, 1.165) is 12.8 Å². The Bertz CT molecular complexity index is 475. The molecule has 1 aromatic rings. The zero-order valence-corrected chi connectivity index (χ0v) is 11.7. The number of nitrogens with one attached hydrogen (secondary N) is 2. The first-order valence-corrected chi connectivity index (χ1v) is 6.98. The van der Waals surface area contributed by atoms with E-state index in [4.69, 9.17) is 5.11 Å². The summed E-state index contributed by atoms with van der Waals surface area (Å²) in [7, 11) is 0. The lowest BCUT2D eigenvalue weighted by molar-refractivity contribution is 0.230. The maximum atomic E-state index is 13.8. The monoisotopic (exact) mass is 280 g/mol. The molecule has 2 amide bonds. The van der Waals surface area contributed by atoms with E-state index < -0.39 is 0 Å². The maximum Gasteiger partial charge on any atom is 0.315 e. The fraction of sp³-hybridized carbons (Fsp3) is 0.533. The zero-order valence-electron chi connectivity index (χ0n) is 11.7. The number of carbonyl (C=O) groups is 1. The highest BCUT2D eigenvalue weighted by molar-refractivity contribution is 5.74. The van der Waals surface area contributed by atoms with Crippen LogP contribution in [0, 0.1) is 5.82 Å². The standard InChI is InChI=1S/C15H21FN2O2/c1-11(6-9-19)18-14(20)17-10-15(7-8-15)12-4-2-3-5-13(12)16/h2-5,11,19H,6-10H2,1H3,(H2,17,18,20)/t11-/m1/s1. The first-order valence-electron chi connectivity index (χ1n) is 6.98. The molecule has 4 nitrogen and oxygen atoms in total. The number of aliphatic hydroxyl groups excluding tert-OH is 1. The number of rotatable bonds is 6. The Hall–Kier alpha value is -1.62. The predicted molar refractivity (Wildman–Crippen MR) is 75.0 cm³/mol. The lowest BCUT2D eigenvalue weighted by Gasteiger charge is -2.19. The van der Waals surface area contributed by atoms with E-state index in [1.54, 1.807) is 12.1 Å². The number of halogens is 1. The molecule has 0 bridgehead atoms. The van der Waals surface area contributed by atoms with Crippen LogP contribution < -0.4 is 10.6 Å². The molecule has 0 aliphatic heterocycles. The first-order chi connectivity index (χ1) is 9.57. The molecule has 0 spiro atoms. The van der Waals surface area contributed by atoms with Crippen LogP contribution in [0.1, 0.15) is 31.7 Å². The van der Waals surface area contributed by atoms with E-state index in [2.05, 4.69) is 10.6 Å². The number of amides is 2. The maximum absolute atomic E-state index is 13.8. The summed E-state index contributed by atoms with van der Waals surface area (Å²) < 4.78 is 13.8. The Balaban J connectivity index is 1.88. The summed E-state index contributed by atoms with van der Waals surface area (Å²) in [6.07, 6.45) is 2.30. The van der Waals surface area contributed by atoms with E-state index in [1.165, 1.54) is 6.07 Å². The van der Waals surface area contributed by atoms with Crippen LogP contribution in [0.4, 0.5) is 9.18 Å². The lowest BCUT2D eigenvalue weighted by atomic mass is 9.95. The van der Waals surface area contributed by atoms with Crippen molar-refractivity contribution in [1.29, 1.82) is 0 Å². The predicted octanol–water partition coefficient (Wildman–Crippen LogP) is 1.93. The summed E-state index contributed by atoms with van der Waals surface area (Å²) in [5.41, 5.74) is 0.437. The normalized spacial score (nSPS) is 17.4. The van der Waals surface area contributed by atoms with Crippen molar-refractivity contribution in [3.63, 3.8) is 0 Å². The molecule has 0 aromatic heterocycles. The second-order valence-corrected chi connectivity index (χ2v) is 5.50. The molecule has 1 aliphatic carbocycles. The zero-order chi connectivity index (χ0) is 14.6. The van der Waals surface area contributed by atoms with Gasteiger partial charge in [0.2, 0.25) is 0 Å². The molecule has 20 heavy (non-hydrogen) atoms. The van der Waals surface area contributed by atoms with Gasteiger partial charge in [-0.05, 0) is 37.8 Å². The molecule has 1 fully saturated rings. The van der Waals surface area contributed by atoms with E-state index in [9.17, 15) is 9.18 Å². The number of benzene rings is 1. The van der Waals surface area contributed by atoms with Gasteiger partial charge in [-0.3, -0.25) is 0 Å². The van der Waals surface area contributed by atoms with E-state index in [0.29, 0.717) is 18.5 Å². The molecular formula is C15H21FN2O2. The third kappa shape index (κ3) is 3.48. The third-order valence-electron chi connectivity index (χ3n) is 3.83. The van der Waals surface area contributed by atoms with Crippen molar-refractivity contribution < 1.29 is 14.3 Å². The summed E-state index contributed by atoms with van der Waals surface area (Å²) in [5.74, 6) is -0.208. The van der Waals surface area contributed by atoms with Gasteiger partial charge >= 0.3 is 6.03 Å². The Kier molecular flexibility index (Phi) is 4.60. The number of hydrogen-bond donors (Lipinski definition) is 3. The fourth-order valence-electron chi connectivity index (χ4n) is 2.37. The average Bonchev–Trinajstić information content (AvgIpc) is 3.18. The van der Waals surface area contributed by atoms with Gasteiger partial charge in [0, 0.05) is 24.6 Å². The van der Waals surface area contributed by atoms with Crippen molar-refractivity contribution in [3.05, 3.63) is 35.6 Å². The molecule has 3 N–H and O–H groups in total. The van der Waals surface area contributed by atoms with Crippen molar-refractivity contribution in [2.45, 2.75) is 37.6 Å². The Morgan fingerprint density at radius 2 is 2.15 bits per heavy atom. The number of carbonyl (C=O) groups excluding carboxylic acids is 1. The summed E-state index contributed by atoms with van der Waals surface area (Å²) in [6, 6.07) is 6.39. The number of aliphatic hydroxyl groups is 1. The first kappa shape index (κ1) is 14.8. The molecule has 1 saturated carbocycles. The fourth-order valence-corrected chi connectivity index (χ4v) is 2.37. The quantitative estimate of drug-likeness (QED) is 0.745. The van der Waals surface area contributed by atoms with Crippen LogP contribution >= 0.6 is 0 Å². The molecule has 5 heteroatoms. The number of urea groups is 1. The average molecular weight is 280 g/mol. The van der Waals surface area contributed by atoms with E-state index in [1.807, 2.05) is 13.0 Å². The molecule has 0 heterocycles. The lowest BCUT2D eigenvalue weighted by Crippen LogP contribution is -2.44. The summed E-state index contributed by atoms with van der Waals surface area (Å²) in [6.45, 7) is 2.31. The molecule has 1 aromatic carbocycles. The highest BCUT2D eigenvalue weighted by Gasteiger charge is 2.45. The smallest absolute Gasteiger partial charge is 0.315 e. The second-order valence-electron chi connectivity index (χ2n) is 5.50. The van der Waals surface area contributed by atoms with E-state index in [-0.39, 0.29) is 29.9 Å². The van der Waals surface area contributed by atoms with Crippen LogP contribution in [-0.2, 0) is 5.41 Å². The van der Waals surface area contributed by atoms with Gasteiger partial charge in [0.25, 0.3) is 0 Å². The number of hydrogen-bond acceptors (Lipinski definition) is 2. The van der Waals surface area contributed by atoms with Crippen LogP contribution in [0.2, 0.25) is 0 Å². The van der Waals surface area contributed by atoms with Crippen LogP contribution in [0.15, 0.2) is 24.3 Å². The minimum Gasteiger partial charge on any atom is -0.396 e. The van der Waals surface area contributed by atoms with Crippen molar-refractivity contribution in [1.82, 2.24) is 10.6 Å². The highest BCUT2D eigenvalue weighted by atomic mass is 19.1. The Morgan fingerprint density at radius 3 is 2.75 bits per heavy atom. The Morgan fingerprint density at radius 1 is 1.45 bits per heavy atom. The summed E-state index contributed by atoms with van der Waals surface area (Å²) in [5, 5.41) is 14.3. The SMILES string of the molecule is C[C@H](CCO)NC(=O)NCC1(c2ccccc2F)CC1. The molecule has 110 valence electrons. The topological polar surface area (TPSA) is 61.4 Å². The summed E-state index contributed by atoms with van der Waals surface area (Å²) in [4.78, 5) is 11.7. The summed E-state index contributed by atoms with van der Waals surface area (Å²) >= 11 is 0. The minimum atomic E-state index is -0.270. The molecule has 1 atom stereocenters. The van der Waals surface area contributed by atoms with Gasteiger partial charge in [-0.1, -0.05) is 18.2 Å². The molecule has 0 unspecified atom stereocenters. The van der Waals surface area contributed by atoms with Gasteiger partial charge < -0.3 is 15.7 Å². The van der Waals surface area contributed by atoms with Crippen molar-refractivity contribution in [2.24, 2.45) is 0 Å². The molecule has 1 aliphatic rings. The minimum absolute atomic E-state index is 0.0423. The Labute approximate surface area is 118 Å². The van der Waals surface area contributed by atoms with Gasteiger partial charge in [0.05, 0.1) is 0 Å². The van der Waals surface area contributed by atoms with Gasteiger partial charge in [0.15, 0.2) is 0 Å². The van der Waals surface area contributed by atoms with Crippen molar-refractivity contribution >= 4 is 6.03 Å².